The van der Waals surface area contributed by atoms with E-state index in [2.05, 4.69) is 170 Å². The lowest BCUT2D eigenvalue weighted by atomic mass is 9.70. The molecule has 0 N–H and O–H groups in total. The van der Waals surface area contributed by atoms with Crippen molar-refractivity contribution in [1.82, 2.24) is 15.0 Å². The normalized spacial score (nSPS) is 13.2. The number of nitrogens with zero attached hydrogens (tertiary/aromatic N) is 3. The number of benzene rings is 7. The summed E-state index contributed by atoms with van der Waals surface area (Å²) in [6.45, 7) is 0. The van der Waals surface area contributed by atoms with E-state index >= 15 is 0 Å². The van der Waals surface area contributed by atoms with E-state index in [1.807, 2.05) is 0 Å². The van der Waals surface area contributed by atoms with Gasteiger partial charge in [0.15, 0.2) is 0 Å². The summed E-state index contributed by atoms with van der Waals surface area (Å²) >= 11 is 1.61. The largest absolute Gasteiger partial charge is 0.234 e. The maximum absolute atomic E-state index is 5.20. The smallest absolute Gasteiger partial charge is 0.147 e. The molecule has 0 saturated carbocycles. The van der Waals surface area contributed by atoms with E-state index in [1.54, 1.807) is 17.7 Å². The molecule has 52 heavy (non-hydrogen) atoms. The molecule has 0 unspecified atom stereocenters. The van der Waals surface area contributed by atoms with Gasteiger partial charge in [0, 0.05) is 11.1 Å². The molecule has 0 amide bonds. The van der Waals surface area contributed by atoms with Gasteiger partial charge < -0.3 is 0 Å². The van der Waals surface area contributed by atoms with E-state index in [0.29, 0.717) is 0 Å². The molecule has 9 aromatic rings. The summed E-state index contributed by atoms with van der Waals surface area (Å²) in [5, 5.41) is 0.935. The van der Waals surface area contributed by atoms with Crippen molar-refractivity contribution >= 4 is 21.7 Å². The molecule has 242 valence electrons. The van der Waals surface area contributed by atoms with Crippen LogP contribution in [0.2, 0.25) is 0 Å². The molecule has 0 aliphatic heterocycles. The third-order valence-electron chi connectivity index (χ3n) is 10.9. The lowest BCUT2D eigenvalue weighted by molar-refractivity contribution is 0.794. The third-order valence-corrected chi connectivity index (χ3v) is 11.9. The van der Waals surface area contributed by atoms with Crippen LogP contribution in [0.5, 0.6) is 0 Å². The number of aromatic nitrogens is 3. The summed E-state index contributed by atoms with van der Waals surface area (Å²) in [4.78, 5) is 15.7. The van der Waals surface area contributed by atoms with Gasteiger partial charge in [-0.05, 0) is 78.9 Å². The Balaban J connectivity index is 1.01. The average Bonchev–Trinajstić information content (AvgIpc) is 3.88. The van der Waals surface area contributed by atoms with Crippen LogP contribution in [0.3, 0.4) is 0 Å². The van der Waals surface area contributed by atoms with Crippen molar-refractivity contribution in [2.45, 2.75) is 5.41 Å². The lowest BCUT2D eigenvalue weighted by Gasteiger charge is -2.30. The summed E-state index contributed by atoms with van der Waals surface area (Å²) in [6.07, 6.45) is 1.68. The zero-order valence-electron chi connectivity index (χ0n) is 28.0. The second-order valence-electron chi connectivity index (χ2n) is 13.6. The van der Waals surface area contributed by atoms with Crippen LogP contribution in [-0.4, -0.2) is 15.0 Å². The molecule has 0 saturated heterocycles. The van der Waals surface area contributed by atoms with Gasteiger partial charge in [0.05, 0.1) is 5.41 Å². The van der Waals surface area contributed by atoms with Gasteiger partial charge in [-0.2, -0.15) is 0 Å². The maximum atomic E-state index is 5.20. The Kier molecular flexibility index (Phi) is 6.34. The summed E-state index contributed by atoms with van der Waals surface area (Å²) in [5.41, 5.74) is 18.6. The fourth-order valence-corrected chi connectivity index (χ4v) is 9.56. The van der Waals surface area contributed by atoms with Gasteiger partial charge in [0.1, 0.15) is 27.4 Å². The lowest BCUT2D eigenvalue weighted by Crippen LogP contribution is -2.25. The molecule has 1 spiro atoms. The fourth-order valence-electron chi connectivity index (χ4n) is 8.65. The number of hydrogen-bond acceptors (Lipinski definition) is 4. The average molecular weight is 680 g/mol. The van der Waals surface area contributed by atoms with Crippen LogP contribution in [0.4, 0.5) is 0 Å². The minimum absolute atomic E-state index is 0.406. The summed E-state index contributed by atoms with van der Waals surface area (Å²) < 4.78 is 0. The molecule has 7 aromatic carbocycles. The van der Waals surface area contributed by atoms with Crippen molar-refractivity contribution in [2.24, 2.45) is 0 Å². The second kappa shape index (κ2) is 11.3. The first-order valence-electron chi connectivity index (χ1n) is 17.6. The van der Waals surface area contributed by atoms with Gasteiger partial charge in [0.2, 0.25) is 0 Å². The summed E-state index contributed by atoms with van der Waals surface area (Å²) in [6, 6.07) is 61.6. The van der Waals surface area contributed by atoms with Crippen LogP contribution in [0.1, 0.15) is 22.3 Å². The SMILES string of the molecule is c1ccc(-c2cccc(-c3ccc(-c4nc5c(-c6ccc7c(c6)C6(c8ccccc8-c8ccccc86)c6ccccc6-7)ncnc5s4)cc3)c2)cc1. The Morgan fingerprint density at radius 1 is 0.385 bits per heavy atom. The van der Waals surface area contributed by atoms with Crippen LogP contribution in [0, 0.1) is 0 Å². The Hall–Kier alpha value is -6.49. The van der Waals surface area contributed by atoms with Crippen LogP contribution in [0.25, 0.3) is 76.7 Å². The van der Waals surface area contributed by atoms with E-state index in [4.69, 9.17) is 15.0 Å². The van der Waals surface area contributed by atoms with Crippen LogP contribution < -0.4 is 0 Å². The molecule has 11 rings (SSSR count). The van der Waals surface area contributed by atoms with Crippen LogP contribution in [-0.2, 0) is 5.41 Å². The fraction of sp³-hybridized carbons (Fsp3) is 0.0208. The molecule has 2 aromatic heterocycles. The van der Waals surface area contributed by atoms with E-state index in [0.717, 1.165) is 32.2 Å². The Bertz CT molecular complexity index is 2790. The quantitative estimate of drug-likeness (QED) is 0.186. The van der Waals surface area contributed by atoms with Gasteiger partial charge >= 0.3 is 0 Å². The van der Waals surface area contributed by atoms with Crippen LogP contribution in [0.15, 0.2) is 176 Å². The van der Waals surface area contributed by atoms with E-state index in [-0.39, 0.29) is 0 Å². The van der Waals surface area contributed by atoms with Gasteiger partial charge in [-0.1, -0.05) is 169 Å². The molecule has 2 heterocycles. The Labute approximate surface area is 305 Å². The molecule has 2 aliphatic rings. The first-order valence-corrected chi connectivity index (χ1v) is 18.4. The highest BCUT2D eigenvalue weighted by atomic mass is 32.1. The van der Waals surface area contributed by atoms with E-state index in [1.165, 1.54) is 66.8 Å². The molecule has 0 bridgehead atoms. The first kappa shape index (κ1) is 29.3. The van der Waals surface area contributed by atoms with E-state index < -0.39 is 5.41 Å². The molecule has 0 radical (unpaired) electrons. The monoisotopic (exact) mass is 679 g/mol. The highest BCUT2D eigenvalue weighted by Crippen LogP contribution is 2.63. The zero-order chi connectivity index (χ0) is 34.2. The number of hydrogen-bond donors (Lipinski definition) is 0. The summed E-state index contributed by atoms with van der Waals surface area (Å²) in [5.74, 6) is 0. The van der Waals surface area contributed by atoms with Gasteiger partial charge in [-0.15, -0.1) is 0 Å². The second-order valence-corrected chi connectivity index (χ2v) is 14.5. The number of fused-ring (bicyclic) bond motifs is 11. The summed E-state index contributed by atoms with van der Waals surface area (Å²) in [7, 11) is 0. The number of rotatable bonds is 4. The van der Waals surface area contributed by atoms with Gasteiger partial charge in [-0.25, -0.2) is 15.0 Å². The van der Waals surface area contributed by atoms with Crippen molar-refractivity contribution in [3.8, 4) is 66.3 Å². The predicted octanol–water partition coefficient (Wildman–Crippen LogP) is 12.1. The number of thiazole rings is 1. The minimum atomic E-state index is -0.406. The minimum Gasteiger partial charge on any atom is -0.234 e. The Morgan fingerprint density at radius 3 is 1.56 bits per heavy atom. The molecule has 2 aliphatic carbocycles. The van der Waals surface area contributed by atoms with Crippen molar-refractivity contribution in [1.29, 1.82) is 0 Å². The van der Waals surface area contributed by atoms with Gasteiger partial charge in [-0.3, -0.25) is 0 Å². The Morgan fingerprint density at radius 2 is 0.904 bits per heavy atom. The molecule has 4 heteroatoms. The molecule has 0 fully saturated rings. The van der Waals surface area contributed by atoms with Crippen molar-refractivity contribution < 1.29 is 0 Å². The molecule has 3 nitrogen and oxygen atoms in total. The molecule has 0 atom stereocenters. The first-order chi connectivity index (χ1) is 25.8. The van der Waals surface area contributed by atoms with Crippen molar-refractivity contribution in [3.05, 3.63) is 198 Å². The third kappa shape index (κ3) is 4.16. The van der Waals surface area contributed by atoms with E-state index in [9.17, 15) is 0 Å². The standard InChI is InChI=1S/C48H29N3S/c1-2-11-30(12-3-1)33-13-10-14-34(27-33)31-21-23-32(24-22-31)46-51-45-44(49-29-50-47(45)52-46)35-25-26-39-38-17-6-9-20-42(38)48(43(39)28-35)40-18-7-4-15-36(40)37-16-5-8-19-41(37)48/h1-29H. The van der Waals surface area contributed by atoms with Crippen molar-refractivity contribution in [3.63, 3.8) is 0 Å². The maximum Gasteiger partial charge on any atom is 0.147 e. The highest BCUT2D eigenvalue weighted by molar-refractivity contribution is 7.21. The predicted molar refractivity (Wildman–Crippen MR) is 213 cm³/mol. The zero-order valence-corrected chi connectivity index (χ0v) is 28.8. The highest BCUT2D eigenvalue weighted by Gasteiger charge is 2.51. The molecular formula is C48H29N3S. The van der Waals surface area contributed by atoms with Gasteiger partial charge in [0.25, 0.3) is 0 Å². The molecular weight excluding hydrogens is 651 g/mol. The van der Waals surface area contributed by atoms with Crippen LogP contribution >= 0.6 is 11.3 Å². The van der Waals surface area contributed by atoms with Crippen molar-refractivity contribution in [2.75, 3.05) is 0 Å². The topological polar surface area (TPSA) is 38.7 Å².